The number of rotatable bonds is 4. The van der Waals surface area contributed by atoms with E-state index in [4.69, 9.17) is 0 Å². The van der Waals surface area contributed by atoms with Gasteiger partial charge in [0, 0.05) is 12.6 Å². The van der Waals surface area contributed by atoms with Crippen molar-refractivity contribution < 1.29 is 9.50 Å². The molecule has 0 aliphatic carbocycles. The van der Waals surface area contributed by atoms with Crippen molar-refractivity contribution in [2.75, 3.05) is 6.54 Å². The summed E-state index contributed by atoms with van der Waals surface area (Å²) in [6.45, 7) is 3.79. The van der Waals surface area contributed by atoms with E-state index in [1.807, 2.05) is 19.1 Å². The molecule has 18 heavy (non-hydrogen) atoms. The maximum Gasteiger partial charge on any atom is 0.123 e. The van der Waals surface area contributed by atoms with Crippen LogP contribution in [-0.2, 0) is 6.54 Å². The first-order valence-electron chi connectivity index (χ1n) is 6.81. The lowest BCUT2D eigenvalue weighted by molar-refractivity contribution is 0.0818. The predicted octanol–water partition coefficient (Wildman–Crippen LogP) is 2.95. The molecule has 0 amide bonds. The molecule has 2 nitrogen and oxygen atoms in total. The van der Waals surface area contributed by atoms with Crippen molar-refractivity contribution >= 4 is 0 Å². The third-order valence-electron chi connectivity index (χ3n) is 3.66. The molecule has 0 spiro atoms. The maximum absolute atomic E-state index is 12.9. The third-order valence-corrected chi connectivity index (χ3v) is 3.66. The molecule has 1 saturated heterocycles. The van der Waals surface area contributed by atoms with E-state index in [9.17, 15) is 9.50 Å². The van der Waals surface area contributed by atoms with Crippen molar-refractivity contribution in [2.45, 2.75) is 51.3 Å². The van der Waals surface area contributed by atoms with Crippen LogP contribution >= 0.6 is 0 Å². The summed E-state index contributed by atoms with van der Waals surface area (Å²) in [5.74, 6) is -0.182. The lowest BCUT2D eigenvalue weighted by Crippen LogP contribution is -2.40. The van der Waals surface area contributed by atoms with Crippen LogP contribution in [-0.4, -0.2) is 28.7 Å². The molecule has 2 unspecified atom stereocenters. The average Bonchev–Trinajstić information content (AvgIpc) is 2.34. The fourth-order valence-corrected chi connectivity index (χ4v) is 2.75. The van der Waals surface area contributed by atoms with Crippen LogP contribution in [0.3, 0.4) is 0 Å². The fourth-order valence-electron chi connectivity index (χ4n) is 2.75. The minimum Gasteiger partial charge on any atom is -0.393 e. The highest BCUT2D eigenvalue weighted by Crippen LogP contribution is 2.23. The van der Waals surface area contributed by atoms with Crippen LogP contribution in [0.2, 0.25) is 0 Å². The molecule has 0 radical (unpaired) electrons. The zero-order valence-corrected chi connectivity index (χ0v) is 11.0. The highest BCUT2D eigenvalue weighted by atomic mass is 19.1. The van der Waals surface area contributed by atoms with Crippen molar-refractivity contribution in [2.24, 2.45) is 0 Å². The van der Waals surface area contributed by atoms with Crippen molar-refractivity contribution in [3.63, 3.8) is 0 Å². The molecule has 1 N–H and O–H groups in total. The number of hydrogen-bond acceptors (Lipinski definition) is 2. The number of benzene rings is 1. The van der Waals surface area contributed by atoms with Crippen molar-refractivity contribution in [3.8, 4) is 0 Å². The summed E-state index contributed by atoms with van der Waals surface area (Å²) in [6.07, 6.45) is 4.21. The van der Waals surface area contributed by atoms with Gasteiger partial charge in [0.2, 0.25) is 0 Å². The van der Waals surface area contributed by atoms with Crippen molar-refractivity contribution in [1.82, 2.24) is 4.90 Å². The van der Waals surface area contributed by atoms with Crippen LogP contribution in [0.4, 0.5) is 4.39 Å². The molecule has 0 bridgehead atoms. The molecule has 3 heteroatoms. The molecule has 1 aromatic carbocycles. The Labute approximate surface area is 108 Å². The first kappa shape index (κ1) is 13.5. The Hall–Kier alpha value is -0.930. The maximum atomic E-state index is 12.9. The molecule has 100 valence electrons. The summed E-state index contributed by atoms with van der Waals surface area (Å²) in [5.41, 5.74) is 1.15. The Balaban J connectivity index is 1.98. The molecule has 1 fully saturated rings. The summed E-state index contributed by atoms with van der Waals surface area (Å²) in [5, 5.41) is 9.55. The van der Waals surface area contributed by atoms with Gasteiger partial charge in [-0.1, -0.05) is 18.6 Å². The Kier molecular flexibility index (Phi) is 4.72. The number of piperidine rings is 1. The second-order valence-electron chi connectivity index (χ2n) is 5.33. The second kappa shape index (κ2) is 6.30. The SMILES string of the molecule is CC(O)CC1CCCCN1Cc1ccc(F)cc1. The molecular formula is C15H22FNO. The van der Waals surface area contributed by atoms with E-state index in [1.54, 1.807) is 0 Å². The van der Waals surface area contributed by atoms with Gasteiger partial charge >= 0.3 is 0 Å². The van der Waals surface area contributed by atoms with Gasteiger partial charge in [0.05, 0.1) is 6.10 Å². The highest BCUT2D eigenvalue weighted by molar-refractivity contribution is 5.16. The second-order valence-corrected chi connectivity index (χ2v) is 5.33. The molecule has 1 aliphatic rings. The van der Waals surface area contributed by atoms with Gasteiger partial charge in [-0.2, -0.15) is 0 Å². The summed E-state index contributed by atoms with van der Waals surface area (Å²) in [7, 11) is 0. The Morgan fingerprint density at radius 1 is 1.33 bits per heavy atom. The van der Waals surface area contributed by atoms with E-state index in [1.165, 1.54) is 25.0 Å². The number of aliphatic hydroxyl groups excluding tert-OH is 1. The van der Waals surface area contributed by atoms with E-state index in [0.717, 1.165) is 31.5 Å². The number of halogens is 1. The van der Waals surface area contributed by atoms with Crippen LogP contribution < -0.4 is 0 Å². The Morgan fingerprint density at radius 2 is 2.06 bits per heavy atom. The quantitative estimate of drug-likeness (QED) is 0.889. The molecular weight excluding hydrogens is 229 g/mol. The largest absolute Gasteiger partial charge is 0.393 e. The molecule has 0 saturated carbocycles. The minimum absolute atomic E-state index is 0.182. The van der Waals surface area contributed by atoms with Gasteiger partial charge in [-0.3, -0.25) is 4.90 Å². The molecule has 2 atom stereocenters. The topological polar surface area (TPSA) is 23.5 Å². The van der Waals surface area contributed by atoms with E-state index in [2.05, 4.69) is 4.90 Å². The lowest BCUT2D eigenvalue weighted by Gasteiger charge is -2.36. The van der Waals surface area contributed by atoms with E-state index in [-0.39, 0.29) is 11.9 Å². The van der Waals surface area contributed by atoms with E-state index >= 15 is 0 Å². The first-order chi connectivity index (χ1) is 8.65. The van der Waals surface area contributed by atoms with Crippen LogP contribution in [0, 0.1) is 5.82 Å². The number of hydrogen-bond donors (Lipinski definition) is 1. The van der Waals surface area contributed by atoms with Gasteiger partial charge in [0.1, 0.15) is 5.82 Å². The van der Waals surface area contributed by atoms with Gasteiger partial charge in [0.15, 0.2) is 0 Å². The first-order valence-corrected chi connectivity index (χ1v) is 6.81. The average molecular weight is 251 g/mol. The standard InChI is InChI=1S/C15H22FNO/c1-12(18)10-15-4-2-3-9-17(15)11-13-5-7-14(16)8-6-13/h5-8,12,15,18H,2-4,9-11H2,1H3. The van der Waals surface area contributed by atoms with E-state index < -0.39 is 0 Å². The number of likely N-dealkylation sites (tertiary alicyclic amines) is 1. The monoisotopic (exact) mass is 251 g/mol. The summed E-state index contributed by atoms with van der Waals surface area (Å²) in [6, 6.07) is 7.20. The van der Waals surface area contributed by atoms with Crippen molar-refractivity contribution in [3.05, 3.63) is 35.6 Å². The predicted molar refractivity (Wildman–Crippen MR) is 70.7 cm³/mol. The molecule has 1 heterocycles. The number of aliphatic hydroxyl groups is 1. The number of nitrogens with zero attached hydrogens (tertiary/aromatic N) is 1. The van der Waals surface area contributed by atoms with Gasteiger partial charge < -0.3 is 5.11 Å². The van der Waals surface area contributed by atoms with Crippen LogP contribution in [0.5, 0.6) is 0 Å². The van der Waals surface area contributed by atoms with Gasteiger partial charge in [-0.25, -0.2) is 4.39 Å². The van der Waals surface area contributed by atoms with Crippen LogP contribution in [0.15, 0.2) is 24.3 Å². The lowest BCUT2D eigenvalue weighted by atomic mass is 9.96. The van der Waals surface area contributed by atoms with Crippen LogP contribution in [0.25, 0.3) is 0 Å². The highest BCUT2D eigenvalue weighted by Gasteiger charge is 2.23. The normalized spacial score (nSPS) is 22.9. The summed E-state index contributed by atoms with van der Waals surface area (Å²) >= 11 is 0. The van der Waals surface area contributed by atoms with Crippen molar-refractivity contribution in [1.29, 1.82) is 0 Å². The summed E-state index contributed by atoms with van der Waals surface area (Å²) in [4.78, 5) is 2.42. The van der Waals surface area contributed by atoms with E-state index in [0.29, 0.717) is 6.04 Å². The smallest absolute Gasteiger partial charge is 0.123 e. The van der Waals surface area contributed by atoms with Gasteiger partial charge in [-0.05, 0) is 50.4 Å². The third kappa shape index (κ3) is 3.79. The zero-order chi connectivity index (χ0) is 13.0. The van der Waals surface area contributed by atoms with Crippen LogP contribution in [0.1, 0.15) is 38.2 Å². The van der Waals surface area contributed by atoms with Gasteiger partial charge in [-0.15, -0.1) is 0 Å². The Bertz CT molecular complexity index is 363. The molecule has 0 aromatic heterocycles. The Morgan fingerprint density at radius 3 is 2.72 bits per heavy atom. The molecule has 1 aliphatic heterocycles. The fraction of sp³-hybridized carbons (Fsp3) is 0.600. The summed E-state index contributed by atoms with van der Waals surface area (Å²) < 4.78 is 12.9. The minimum atomic E-state index is -0.246. The molecule has 1 aromatic rings. The zero-order valence-electron chi connectivity index (χ0n) is 11.0. The molecule has 2 rings (SSSR count). The van der Waals surface area contributed by atoms with Gasteiger partial charge in [0.25, 0.3) is 0 Å².